The number of nitrogens with zero attached hydrogens (tertiary/aromatic N) is 2. The van der Waals surface area contributed by atoms with Gasteiger partial charge in [0.25, 0.3) is 0 Å². The number of rotatable bonds is 2. The molecule has 2 nitrogen and oxygen atoms in total. The van der Waals surface area contributed by atoms with Crippen molar-refractivity contribution in [3.63, 3.8) is 0 Å². The summed E-state index contributed by atoms with van der Waals surface area (Å²) in [5.74, 6) is -0.204. The maximum atomic E-state index is 12.8. The quantitative estimate of drug-likeness (QED) is 0.780. The van der Waals surface area contributed by atoms with Gasteiger partial charge in [-0.15, -0.1) is 0 Å². The Morgan fingerprint density at radius 3 is 2.86 bits per heavy atom. The van der Waals surface area contributed by atoms with E-state index in [1.54, 1.807) is 10.7 Å². The first kappa shape index (κ1) is 9.64. The van der Waals surface area contributed by atoms with Crippen LogP contribution < -0.4 is 0 Å². The summed E-state index contributed by atoms with van der Waals surface area (Å²) in [4.78, 5) is 0. The molecule has 2 rings (SSSR count). The molecule has 2 aromatic rings. The van der Waals surface area contributed by atoms with Crippen molar-refractivity contribution in [2.24, 2.45) is 0 Å². The topological polar surface area (TPSA) is 17.8 Å². The van der Waals surface area contributed by atoms with Crippen LogP contribution in [0.1, 0.15) is 5.56 Å². The number of aromatic nitrogens is 2. The zero-order chi connectivity index (χ0) is 9.97. The first-order chi connectivity index (χ1) is 6.74. The smallest absolute Gasteiger partial charge is 0.123 e. The fourth-order valence-corrected chi connectivity index (χ4v) is 1.69. The molecular formula is C10H8FIN2. The molecule has 0 saturated heterocycles. The second kappa shape index (κ2) is 4.08. The average Bonchev–Trinajstić information content (AvgIpc) is 2.51. The van der Waals surface area contributed by atoms with E-state index in [0.29, 0.717) is 6.54 Å². The van der Waals surface area contributed by atoms with E-state index in [2.05, 4.69) is 27.7 Å². The predicted molar refractivity (Wildman–Crippen MR) is 60.4 cm³/mol. The Labute approximate surface area is 94.9 Å². The number of hydrogen-bond donors (Lipinski definition) is 0. The maximum absolute atomic E-state index is 12.8. The van der Waals surface area contributed by atoms with Crippen molar-refractivity contribution in [3.8, 4) is 0 Å². The summed E-state index contributed by atoms with van der Waals surface area (Å²) in [6.07, 6.45) is 1.88. The SMILES string of the molecule is Fc1cccc(Cn2ccc(I)n2)c1. The van der Waals surface area contributed by atoms with Gasteiger partial charge >= 0.3 is 0 Å². The zero-order valence-electron chi connectivity index (χ0n) is 7.32. The van der Waals surface area contributed by atoms with Gasteiger partial charge in [-0.2, -0.15) is 5.10 Å². The molecule has 1 aromatic carbocycles. The minimum absolute atomic E-state index is 0.204. The number of benzene rings is 1. The van der Waals surface area contributed by atoms with Crippen LogP contribution in [0.5, 0.6) is 0 Å². The summed E-state index contributed by atoms with van der Waals surface area (Å²) >= 11 is 2.14. The molecule has 0 atom stereocenters. The second-order valence-electron chi connectivity index (χ2n) is 2.97. The summed E-state index contributed by atoms with van der Waals surface area (Å²) in [5.41, 5.74) is 0.921. The average molecular weight is 302 g/mol. The van der Waals surface area contributed by atoms with Gasteiger partial charge in [0.2, 0.25) is 0 Å². The second-order valence-corrected chi connectivity index (χ2v) is 4.07. The van der Waals surface area contributed by atoms with Crippen molar-refractivity contribution in [1.29, 1.82) is 0 Å². The van der Waals surface area contributed by atoms with Crippen molar-refractivity contribution in [2.75, 3.05) is 0 Å². The molecule has 0 N–H and O–H groups in total. The third-order valence-electron chi connectivity index (χ3n) is 1.84. The molecule has 0 radical (unpaired) electrons. The van der Waals surface area contributed by atoms with E-state index in [9.17, 15) is 4.39 Å². The molecule has 1 aromatic heterocycles. The summed E-state index contributed by atoms with van der Waals surface area (Å²) in [7, 11) is 0. The van der Waals surface area contributed by atoms with E-state index < -0.39 is 0 Å². The van der Waals surface area contributed by atoms with E-state index in [-0.39, 0.29) is 5.82 Å². The third kappa shape index (κ3) is 2.31. The first-order valence-corrected chi connectivity index (χ1v) is 5.25. The maximum Gasteiger partial charge on any atom is 0.123 e. The lowest BCUT2D eigenvalue weighted by Gasteiger charge is -2.01. The van der Waals surface area contributed by atoms with E-state index in [1.165, 1.54) is 12.1 Å². The van der Waals surface area contributed by atoms with Gasteiger partial charge in [-0.3, -0.25) is 4.68 Å². The molecule has 14 heavy (non-hydrogen) atoms. The van der Waals surface area contributed by atoms with Crippen LogP contribution in [0, 0.1) is 9.52 Å². The Morgan fingerprint density at radius 2 is 2.21 bits per heavy atom. The lowest BCUT2D eigenvalue weighted by atomic mass is 10.2. The van der Waals surface area contributed by atoms with Crippen LogP contribution in [-0.2, 0) is 6.54 Å². The largest absolute Gasteiger partial charge is 0.267 e. The van der Waals surface area contributed by atoms with E-state index in [1.807, 2.05) is 18.3 Å². The van der Waals surface area contributed by atoms with Crippen LogP contribution in [-0.4, -0.2) is 9.78 Å². The van der Waals surface area contributed by atoms with Gasteiger partial charge in [0.15, 0.2) is 0 Å². The molecule has 4 heteroatoms. The Hall–Kier alpha value is -0.910. The van der Waals surface area contributed by atoms with Gasteiger partial charge in [0.05, 0.1) is 6.54 Å². The van der Waals surface area contributed by atoms with Gasteiger partial charge in [-0.1, -0.05) is 12.1 Å². The first-order valence-electron chi connectivity index (χ1n) is 4.17. The van der Waals surface area contributed by atoms with Gasteiger partial charge in [-0.25, -0.2) is 4.39 Å². The fraction of sp³-hybridized carbons (Fsp3) is 0.100. The van der Waals surface area contributed by atoms with Crippen LogP contribution in [0.25, 0.3) is 0 Å². The van der Waals surface area contributed by atoms with Crippen LogP contribution in [0.15, 0.2) is 36.5 Å². The molecular weight excluding hydrogens is 294 g/mol. The van der Waals surface area contributed by atoms with Gasteiger partial charge in [0.1, 0.15) is 9.52 Å². The summed E-state index contributed by atoms with van der Waals surface area (Å²) in [6.45, 7) is 0.612. The van der Waals surface area contributed by atoms with Crippen LogP contribution in [0.3, 0.4) is 0 Å². The highest BCUT2D eigenvalue weighted by Crippen LogP contribution is 2.06. The summed E-state index contributed by atoms with van der Waals surface area (Å²) in [5, 5.41) is 4.22. The minimum atomic E-state index is -0.204. The molecule has 0 aliphatic heterocycles. The van der Waals surface area contributed by atoms with Crippen molar-refractivity contribution < 1.29 is 4.39 Å². The lowest BCUT2D eigenvalue weighted by Crippen LogP contribution is -2.00. The van der Waals surface area contributed by atoms with Crippen molar-refractivity contribution in [3.05, 3.63) is 51.6 Å². The van der Waals surface area contributed by atoms with Crippen molar-refractivity contribution >= 4 is 22.6 Å². The highest BCUT2D eigenvalue weighted by molar-refractivity contribution is 14.1. The fourth-order valence-electron chi connectivity index (χ4n) is 1.25. The Bertz CT molecular complexity index is 439. The third-order valence-corrected chi connectivity index (χ3v) is 2.42. The molecule has 0 spiro atoms. The summed E-state index contributed by atoms with van der Waals surface area (Å²) in [6, 6.07) is 8.47. The molecule has 0 unspecified atom stereocenters. The van der Waals surface area contributed by atoms with Crippen LogP contribution >= 0.6 is 22.6 Å². The molecule has 0 amide bonds. The lowest BCUT2D eigenvalue weighted by molar-refractivity contribution is 0.619. The van der Waals surface area contributed by atoms with E-state index in [0.717, 1.165) is 9.26 Å². The van der Waals surface area contributed by atoms with Crippen LogP contribution in [0.4, 0.5) is 4.39 Å². The molecule has 0 bridgehead atoms. The molecule has 1 heterocycles. The minimum Gasteiger partial charge on any atom is -0.267 e. The Morgan fingerprint density at radius 1 is 1.36 bits per heavy atom. The van der Waals surface area contributed by atoms with Gasteiger partial charge in [-0.05, 0) is 46.4 Å². The highest BCUT2D eigenvalue weighted by Gasteiger charge is 1.98. The van der Waals surface area contributed by atoms with E-state index in [4.69, 9.17) is 0 Å². The predicted octanol–water partition coefficient (Wildman–Crippen LogP) is 2.68. The summed E-state index contributed by atoms with van der Waals surface area (Å²) < 4.78 is 15.6. The molecule has 0 aliphatic carbocycles. The molecule has 0 fully saturated rings. The molecule has 72 valence electrons. The standard InChI is InChI=1S/C10H8FIN2/c11-9-3-1-2-8(6-9)7-14-5-4-10(12)13-14/h1-6H,7H2. The normalized spacial score (nSPS) is 10.4. The zero-order valence-corrected chi connectivity index (χ0v) is 9.48. The monoisotopic (exact) mass is 302 g/mol. The number of halogens is 2. The molecule has 0 aliphatic rings. The van der Waals surface area contributed by atoms with Gasteiger partial charge in [0, 0.05) is 6.20 Å². The number of hydrogen-bond acceptors (Lipinski definition) is 1. The molecule has 0 saturated carbocycles. The Kier molecular flexibility index (Phi) is 2.81. The van der Waals surface area contributed by atoms with Gasteiger partial charge < -0.3 is 0 Å². The Balaban J connectivity index is 2.18. The van der Waals surface area contributed by atoms with Crippen molar-refractivity contribution in [2.45, 2.75) is 6.54 Å². The van der Waals surface area contributed by atoms with Crippen LogP contribution in [0.2, 0.25) is 0 Å². The highest BCUT2D eigenvalue weighted by atomic mass is 127. The van der Waals surface area contributed by atoms with Crippen molar-refractivity contribution in [1.82, 2.24) is 9.78 Å². The van der Waals surface area contributed by atoms with E-state index >= 15 is 0 Å².